The zero-order valence-electron chi connectivity index (χ0n) is 12.2. The molecule has 2 fully saturated rings. The minimum atomic E-state index is -0.374. The molecular formula is C16H21Cl2FN2. The number of piperidine rings is 2. The maximum Gasteiger partial charge on any atom is 0.126 e. The van der Waals surface area contributed by atoms with E-state index in [1.807, 2.05) is 0 Å². The summed E-state index contributed by atoms with van der Waals surface area (Å²) in [6.45, 7) is 3.15. The summed E-state index contributed by atoms with van der Waals surface area (Å²) < 4.78 is 13.4. The van der Waals surface area contributed by atoms with Crippen LogP contribution in [0.25, 0.3) is 0 Å². The van der Waals surface area contributed by atoms with Crippen LogP contribution in [0, 0.1) is 5.82 Å². The first-order valence-electron chi connectivity index (χ1n) is 7.76. The van der Waals surface area contributed by atoms with E-state index in [0.717, 1.165) is 37.9 Å². The van der Waals surface area contributed by atoms with Crippen molar-refractivity contribution in [3.05, 3.63) is 28.0 Å². The molecule has 2 aliphatic heterocycles. The lowest BCUT2D eigenvalue weighted by Crippen LogP contribution is -2.56. The molecule has 2 heterocycles. The van der Waals surface area contributed by atoms with Crippen molar-refractivity contribution in [1.29, 1.82) is 0 Å². The molecule has 5 heteroatoms. The van der Waals surface area contributed by atoms with E-state index in [4.69, 9.17) is 23.2 Å². The zero-order valence-corrected chi connectivity index (χ0v) is 13.7. The predicted octanol–water partition coefficient (Wildman–Crippen LogP) is 4.63. The highest BCUT2D eigenvalue weighted by Crippen LogP contribution is 2.44. The maximum atomic E-state index is 13.4. The Morgan fingerprint density at radius 3 is 2.29 bits per heavy atom. The summed E-state index contributed by atoms with van der Waals surface area (Å²) in [5.74, 6) is -0.374. The molecule has 1 aromatic rings. The Kier molecular flexibility index (Phi) is 4.63. The fourth-order valence-electron chi connectivity index (χ4n) is 3.98. The van der Waals surface area contributed by atoms with Crippen LogP contribution in [0.15, 0.2) is 12.1 Å². The number of hydrogen-bond donors (Lipinski definition) is 1. The van der Waals surface area contributed by atoms with Crippen LogP contribution < -0.4 is 10.2 Å². The van der Waals surface area contributed by atoms with Crippen LogP contribution >= 0.6 is 23.2 Å². The molecule has 1 N–H and O–H groups in total. The molecule has 2 atom stereocenters. The molecule has 0 aliphatic carbocycles. The van der Waals surface area contributed by atoms with Gasteiger partial charge in [-0.15, -0.1) is 0 Å². The smallest absolute Gasteiger partial charge is 0.126 e. The van der Waals surface area contributed by atoms with Crippen molar-refractivity contribution in [3.63, 3.8) is 0 Å². The molecule has 0 radical (unpaired) electrons. The third-order valence-corrected chi connectivity index (χ3v) is 5.28. The van der Waals surface area contributed by atoms with Crippen molar-refractivity contribution < 1.29 is 4.39 Å². The topological polar surface area (TPSA) is 15.3 Å². The molecule has 2 nitrogen and oxygen atoms in total. The van der Waals surface area contributed by atoms with Crippen molar-refractivity contribution in [1.82, 2.24) is 5.32 Å². The van der Waals surface area contributed by atoms with Gasteiger partial charge in [0.15, 0.2) is 0 Å². The highest BCUT2D eigenvalue weighted by Gasteiger charge is 2.39. The van der Waals surface area contributed by atoms with Gasteiger partial charge in [0.25, 0.3) is 0 Å². The van der Waals surface area contributed by atoms with Gasteiger partial charge in [-0.2, -0.15) is 0 Å². The average Bonchev–Trinajstić information content (AvgIpc) is 2.38. The molecule has 2 saturated heterocycles. The number of hydrogen-bond acceptors (Lipinski definition) is 2. The van der Waals surface area contributed by atoms with E-state index in [2.05, 4.69) is 17.1 Å². The van der Waals surface area contributed by atoms with Gasteiger partial charge < -0.3 is 10.2 Å². The van der Waals surface area contributed by atoms with E-state index in [9.17, 15) is 4.39 Å². The Morgan fingerprint density at radius 2 is 1.76 bits per heavy atom. The number of nitrogens with zero attached hydrogens (tertiary/aromatic N) is 1. The molecule has 0 saturated carbocycles. The Bertz CT molecular complexity index is 486. The largest absolute Gasteiger partial charge is 0.363 e. The minimum absolute atomic E-state index is 0.374. The van der Waals surface area contributed by atoms with Gasteiger partial charge in [-0.3, -0.25) is 0 Å². The van der Waals surface area contributed by atoms with Crippen molar-refractivity contribution in [2.45, 2.75) is 57.2 Å². The number of fused-ring (bicyclic) bond motifs is 2. The third kappa shape index (κ3) is 3.01. The summed E-state index contributed by atoms with van der Waals surface area (Å²) in [5, 5.41) is 4.43. The van der Waals surface area contributed by atoms with Crippen LogP contribution in [-0.4, -0.2) is 24.7 Å². The molecule has 0 aromatic heterocycles. The van der Waals surface area contributed by atoms with E-state index in [1.165, 1.54) is 18.6 Å². The van der Waals surface area contributed by atoms with Gasteiger partial charge in [0.1, 0.15) is 5.82 Å². The zero-order chi connectivity index (χ0) is 15.0. The van der Waals surface area contributed by atoms with E-state index < -0.39 is 0 Å². The summed E-state index contributed by atoms with van der Waals surface area (Å²) in [4.78, 5) is 2.36. The maximum absolute atomic E-state index is 13.4. The van der Waals surface area contributed by atoms with Gasteiger partial charge >= 0.3 is 0 Å². The second kappa shape index (κ2) is 6.31. The van der Waals surface area contributed by atoms with Crippen molar-refractivity contribution in [2.24, 2.45) is 0 Å². The highest BCUT2D eigenvalue weighted by molar-refractivity contribution is 6.39. The summed E-state index contributed by atoms with van der Waals surface area (Å²) in [6.07, 6.45) is 5.77. The molecule has 2 aliphatic rings. The van der Waals surface area contributed by atoms with Crippen LogP contribution in [0.1, 0.15) is 39.0 Å². The lowest BCUT2D eigenvalue weighted by Gasteiger charge is -2.51. The average molecular weight is 331 g/mol. The molecule has 0 amide bonds. The Balaban J connectivity index is 1.92. The van der Waals surface area contributed by atoms with E-state index >= 15 is 0 Å². The lowest BCUT2D eigenvalue weighted by atomic mass is 9.81. The normalized spacial score (nSPS) is 28.8. The number of benzene rings is 1. The number of rotatable bonds is 3. The quantitative estimate of drug-likeness (QED) is 0.869. The number of anilines is 1. The van der Waals surface area contributed by atoms with Crippen LogP contribution in [-0.2, 0) is 0 Å². The molecule has 21 heavy (non-hydrogen) atoms. The second-order valence-electron chi connectivity index (χ2n) is 6.09. The van der Waals surface area contributed by atoms with Crippen molar-refractivity contribution >= 4 is 28.9 Å². The summed E-state index contributed by atoms with van der Waals surface area (Å²) >= 11 is 12.6. The van der Waals surface area contributed by atoms with E-state index in [1.54, 1.807) is 0 Å². The summed E-state index contributed by atoms with van der Waals surface area (Å²) in [7, 11) is 0. The van der Waals surface area contributed by atoms with Gasteiger partial charge in [-0.25, -0.2) is 4.39 Å². The van der Waals surface area contributed by atoms with Crippen LogP contribution in [0.4, 0.5) is 10.1 Å². The highest BCUT2D eigenvalue weighted by atomic mass is 35.5. The molecule has 0 spiro atoms. The van der Waals surface area contributed by atoms with Crippen molar-refractivity contribution in [2.75, 3.05) is 11.4 Å². The second-order valence-corrected chi connectivity index (χ2v) is 6.90. The summed E-state index contributed by atoms with van der Waals surface area (Å²) in [6, 6.07) is 4.20. The Labute approximate surface area is 135 Å². The van der Waals surface area contributed by atoms with Gasteiger partial charge in [-0.05, 0) is 50.8 Å². The molecule has 116 valence electrons. The standard InChI is InChI=1S/C16H21Cl2FN2/c1-2-20-11-8-12-4-3-5-13(9-11)21(12)16-14(17)6-10(19)7-15(16)18/h6-7,11-13,20H,2-5,8-9H2,1H3. The SMILES string of the molecule is CCNC1CC2CCCC(C1)N2c1c(Cl)cc(F)cc1Cl. The molecule has 3 rings (SSSR count). The van der Waals surface area contributed by atoms with E-state index in [-0.39, 0.29) is 5.82 Å². The van der Waals surface area contributed by atoms with Crippen molar-refractivity contribution in [3.8, 4) is 0 Å². The van der Waals surface area contributed by atoms with Gasteiger partial charge in [0.2, 0.25) is 0 Å². The fourth-order valence-corrected chi connectivity index (χ4v) is 4.64. The number of nitrogens with one attached hydrogen (secondary N) is 1. The summed E-state index contributed by atoms with van der Waals surface area (Å²) in [5.41, 5.74) is 0.824. The monoisotopic (exact) mass is 330 g/mol. The number of halogens is 3. The predicted molar refractivity (Wildman–Crippen MR) is 87.0 cm³/mol. The van der Waals surface area contributed by atoms with Gasteiger partial charge in [0.05, 0.1) is 15.7 Å². The van der Waals surface area contributed by atoms with E-state index in [0.29, 0.717) is 28.2 Å². The van der Waals surface area contributed by atoms with Crippen LogP contribution in [0.2, 0.25) is 10.0 Å². The molecule has 2 bridgehead atoms. The van der Waals surface area contributed by atoms with Crippen LogP contribution in [0.5, 0.6) is 0 Å². The molecule has 2 unspecified atom stereocenters. The Hall–Kier alpha value is -0.510. The first-order chi connectivity index (χ1) is 10.1. The third-order valence-electron chi connectivity index (χ3n) is 4.71. The first-order valence-corrected chi connectivity index (χ1v) is 8.52. The Morgan fingerprint density at radius 1 is 1.19 bits per heavy atom. The lowest BCUT2D eigenvalue weighted by molar-refractivity contribution is 0.247. The fraction of sp³-hybridized carbons (Fsp3) is 0.625. The first kappa shape index (κ1) is 15.4. The molecular weight excluding hydrogens is 310 g/mol. The minimum Gasteiger partial charge on any atom is -0.363 e. The van der Waals surface area contributed by atoms with Gasteiger partial charge in [-0.1, -0.05) is 30.1 Å². The van der Waals surface area contributed by atoms with Gasteiger partial charge in [0, 0.05) is 18.1 Å². The molecule has 1 aromatic carbocycles. The van der Waals surface area contributed by atoms with Crippen LogP contribution in [0.3, 0.4) is 0 Å².